The van der Waals surface area contributed by atoms with E-state index in [9.17, 15) is 9.59 Å². The fraction of sp³-hybridized carbons (Fsp3) is 0.500. The Labute approximate surface area is 130 Å². The first-order valence-corrected chi connectivity index (χ1v) is 7.55. The van der Waals surface area contributed by atoms with Gasteiger partial charge in [0.15, 0.2) is 0 Å². The van der Waals surface area contributed by atoms with E-state index in [1.807, 2.05) is 0 Å². The van der Waals surface area contributed by atoms with E-state index in [2.05, 4.69) is 42.3 Å². The molecule has 1 aliphatic heterocycles. The fourth-order valence-electron chi connectivity index (χ4n) is 2.62. The SMILES string of the molecule is Cc1cccc(N2CCN(C(=O)NCCC(=O)O)CC2)c1C. The number of anilines is 1. The van der Waals surface area contributed by atoms with Crippen molar-refractivity contribution in [2.45, 2.75) is 20.3 Å². The summed E-state index contributed by atoms with van der Waals surface area (Å²) in [5, 5.41) is 11.2. The molecule has 2 N–H and O–H groups in total. The van der Waals surface area contributed by atoms with Crippen LogP contribution < -0.4 is 10.2 Å². The smallest absolute Gasteiger partial charge is 0.317 e. The molecule has 6 nitrogen and oxygen atoms in total. The average Bonchev–Trinajstić information content (AvgIpc) is 2.50. The molecule has 2 amide bonds. The number of aliphatic carboxylic acids is 1. The number of rotatable bonds is 4. The zero-order valence-electron chi connectivity index (χ0n) is 13.1. The minimum atomic E-state index is -0.903. The number of benzene rings is 1. The number of carbonyl (C=O) groups excluding carboxylic acids is 1. The maximum Gasteiger partial charge on any atom is 0.317 e. The van der Waals surface area contributed by atoms with Crippen LogP contribution in [0.3, 0.4) is 0 Å². The van der Waals surface area contributed by atoms with Gasteiger partial charge in [-0.3, -0.25) is 4.79 Å². The lowest BCUT2D eigenvalue weighted by Gasteiger charge is -2.37. The van der Waals surface area contributed by atoms with Crippen LogP contribution in [0, 0.1) is 13.8 Å². The Kier molecular flexibility index (Phi) is 5.25. The molecular formula is C16H23N3O3. The zero-order chi connectivity index (χ0) is 16.1. The second-order valence-electron chi connectivity index (χ2n) is 5.57. The van der Waals surface area contributed by atoms with Crippen molar-refractivity contribution < 1.29 is 14.7 Å². The van der Waals surface area contributed by atoms with Gasteiger partial charge in [-0.1, -0.05) is 12.1 Å². The molecule has 1 heterocycles. The average molecular weight is 305 g/mol. The van der Waals surface area contributed by atoms with Crippen molar-refractivity contribution in [3.05, 3.63) is 29.3 Å². The van der Waals surface area contributed by atoms with Crippen molar-refractivity contribution in [2.75, 3.05) is 37.6 Å². The third kappa shape index (κ3) is 3.90. The summed E-state index contributed by atoms with van der Waals surface area (Å²) in [5.74, 6) is -0.903. The number of piperazine rings is 1. The monoisotopic (exact) mass is 305 g/mol. The van der Waals surface area contributed by atoms with Crippen LogP contribution in [0.15, 0.2) is 18.2 Å². The maximum absolute atomic E-state index is 11.9. The first-order chi connectivity index (χ1) is 10.5. The van der Waals surface area contributed by atoms with Gasteiger partial charge in [0, 0.05) is 38.4 Å². The highest BCUT2D eigenvalue weighted by atomic mass is 16.4. The standard InChI is InChI=1S/C16H23N3O3/c1-12-4-3-5-14(13(12)2)18-8-10-19(11-9-18)16(22)17-7-6-15(20)21/h3-5H,6-11H2,1-2H3,(H,17,22)(H,20,21). The van der Waals surface area contributed by atoms with Gasteiger partial charge in [0.2, 0.25) is 0 Å². The van der Waals surface area contributed by atoms with E-state index in [-0.39, 0.29) is 19.0 Å². The largest absolute Gasteiger partial charge is 0.481 e. The number of nitrogens with zero attached hydrogens (tertiary/aromatic N) is 2. The Bertz CT molecular complexity index is 552. The van der Waals surface area contributed by atoms with Gasteiger partial charge in [0.1, 0.15) is 0 Å². The predicted octanol–water partition coefficient (Wildman–Crippen LogP) is 1.61. The van der Waals surface area contributed by atoms with Crippen LogP contribution in [0.4, 0.5) is 10.5 Å². The molecular weight excluding hydrogens is 282 g/mol. The minimum Gasteiger partial charge on any atom is -0.481 e. The number of amides is 2. The summed E-state index contributed by atoms with van der Waals surface area (Å²) in [6.45, 7) is 7.26. The summed E-state index contributed by atoms with van der Waals surface area (Å²) >= 11 is 0. The molecule has 6 heteroatoms. The number of carboxylic acids is 1. The quantitative estimate of drug-likeness (QED) is 0.886. The lowest BCUT2D eigenvalue weighted by atomic mass is 10.1. The Morgan fingerprint density at radius 1 is 1.18 bits per heavy atom. The van der Waals surface area contributed by atoms with Gasteiger partial charge in [-0.15, -0.1) is 0 Å². The van der Waals surface area contributed by atoms with Gasteiger partial charge in [0.05, 0.1) is 6.42 Å². The lowest BCUT2D eigenvalue weighted by Crippen LogP contribution is -2.52. The number of hydrogen-bond donors (Lipinski definition) is 2. The van der Waals surface area contributed by atoms with Gasteiger partial charge in [-0.25, -0.2) is 4.79 Å². The molecule has 0 radical (unpaired) electrons. The summed E-state index contributed by atoms with van der Waals surface area (Å²) in [7, 11) is 0. The molecule has 0 unspecified atom stereocenters. The highest BCUT2D eigenvalue weighted by Crippen LogP contribution is 2.23. The molecule has 0 bridgehead atoms. The number of carbonyl (C=O) groups is 2. The van der Waals surface area contributed by atoms with Crippen LogP contribution in [0.25, 0.3) is 0 Å². The molecule has 0 aliphatic carbocycles. The van der Waals surface area contributed by atoms with E-state index in [4.69, 9.17) is 5.11 Å². The molecule has 2 rings (SSSR count). The summed E-state index contributed by atoms with van der Waals surface area (Å²) in [6.07, 6.45) is -0.0474. The predicted molar refractivity (Wildman–Crippen MR) is 85.4 cm³/mol. The maximum atomic E-state index is 11.9. The van der Waals surface area contributed by atoms with Crippen LogP contribution in [-0.2, 0) is 4.79 Å². The second-order valence-corrected chi connectivity index (χ2v) is 5.57. The number of nitrogens with one attached hydrogen (secondary N) is 1. The van der Waals surface area contributed by atoms with Crippen LogP contribution in [0.5, 0.6) is 0 Å². The van der Waals surface area contributed by atoms with E-state index in [1.165, 1.54) is 16.8 Å². The fourth-order valence-corrected chi connectivity index (χ4v) is 2.62. The molecule has 120 valence electrons. The molecule has 1 saturated heterocycles. The molecule has 22 heavy (non-hydrogen) atoms. The summed E-state index contributed by atoms with van der Waals surface area (Å²) in [5.41, 5.74) is 3.78. The van der Waals surface area contributed by atoms with Gasteiger partial charge in [-0.2, -0.15) is 0 Å². The van der Waals surface area contributed by atoms with Crippen LogP contribution in [-0.4, -0.2) is 54.7 Å². The Morgan fingerprint density at radius 2 is 1.86 bits per heavy atom. The van der Waals surface area contributed by atoms with E-state index < -0.39 is 5.97 Å². The van der Waals surface area contributed by atoms with Crippen molar-refractivity contribution in [2.24, 2.45) is 0 Å². The van der Waals surface area contributed by atoms with Gasteiger partial charge >= 0.3 is 12.0 Å². The third-order valence-corrected chi connectivity index (χ3v) is 4.10. The van der Waals surface area contributed by atoms with Crippen molar-refractivity contribution >= 4 is 17.7 Å². The minimum absolute atomic E-state index is 0.0474. The summed E-state index contributed by atoms with van der Waals surface area (Å²) in [6, 6.07) is 6.10. The van der Waals surface area contributed by atoms with Gasteiger partial charge in [0.25, 0.3) is 0 Å². The normalized spacial score (nSPS) is 14.8. The first-order valence-electron chi connectivity index (χ1n) is 7.55. The summed E-state index contributed by atoms with van der Waals surface area (Å²) < 4.78 is 0. The molecule has 0 aromatic heterocycles. The highest BCUT2D eigenvalue weighted by molar-refractivity contribution is 5.75. The highest BCUT2D eigenvalue weighted by Gasteiger charge is 2.22. The Hall–Kier alpha value is -2.24. The van der Waals surface area contributed by atoms with Crippen molar-refractivity contribution in [3.63, 3.8) is 0 Å². The molecule has 1 aromatic carbocycles. The molecule has 0 atom stereocenters. The summed E-state index contributed by atoms with van der Waals surface area (Å²) in [4.78, 5) is 26.4. The van der Waals surface area contributed by atoms with Gasteiger partial charge < -0.3 is 20.2 Å². The Morgan fingerprint density at radius 3 is 2.50 bits per heavy atom. The van der Waals surface area contributed by atoms with E-state index >= 15 is 0 Å². The zero-order valence-corrected chi connectivity index (χ0v) is 13.1. The number of urea groups is 1. The number of aryl methyl sites for hydroxylation is 1. The molecule has 1 fully saturated rings. The molecule has 1 aromatic rings. The van der Waals surface area contributed by atoms with Crippen LogP contribution in [0.1, 0.15) is 17.5 Å². The van der Waals surface area contributed by atoms with Crippen molar-refractivity contribution in [3.8, 4) is 0 Å². The topological polar surface area (TPSA) is 72.9 Å². The van der Waals surface area contributed by atoms with Crippen molar-refractivity contribution in [1.29, 1.82) is 0 Å². The first kappa shape index (κ1) is 16.1. The van der Waals surface area contributed by atoms with Crippen molar-refractivity contribution in [1.82, 2.24) is 10.2 Å². The third-order valence-electron chi connectivity index (χ3n) is 4.10. The van der Waals surface area contributed by atoms with E-state index in [1.54, 1.807) is 4.90 Å². The van der Waals surface area contributed by atoms with E-state index in [0.717, 1.165) is 13.1 Å². The van der Waals surface area contributed by atoms with Crippen LogP contribution in [0.2, 0.25) is 0 Å². The Balaban J connectivity index is 1.86. The number of carboxylic acid groups (broad SMARTS) is 1. The molecule has 0 spiro atoms. The number of hydrogen-bond acceptors (Lipinski definition) is 3. The van der Waals surface area contributed by atoms with Gasteiger partial charge in [-0.05, 0) is 31.0 Å². The van der Waals surface area contributed by atoms with Crippen LogP contribution >= 0.6 is 0 Å². The lowest BCUT2D eigenvalue weighted by molar-refractivity contribution is -0.136. The molecule has 0 saturated carbocycles. The second kappa shape index (κ2) is 7.15. The molecule has 1 aliphatic rings. The van der Waals surface area contributed by atoms with E-state index in [0.29, 0.717) is 13.1 Å².